The Balaban J connectivity index is 2.11. The van der Waals surface area contributed by atoms with Gasteiger partial charge in [-0.05, 0) is 44.5 Å². The molecule has 0 aliphatic carbocycles. The van der Waals surface area contributed by atoms with Crippen molar-refractivity contribution in [1.29, 1.82) is 0 Å². The van der Waals surface area contributed by atoms with E-state index in [1.165, 1.54) is 6.20 Å². The Morgan fingerprint density at radius 1 is 1.03 bits per heavy atom. The van der Waals surface area contributed by atoms with E-state index in [0.717, 1.165) is 11.1 Å². The van der Waals surface area contributed by atoms with Crippen LogP contribution in [-0.2, 0) is 11.3 Å². The van der Waals surface area contributed by atoms with Gasteiger partial charge in [0.2, 0.25) is 0 Å². The number of hydrogen-bond donors (Lipinski definition) is 0. The standard InChI is InChI=1S/C25H29N3O4/c1-6-32-25(29)20-15-26-23(19-12-13-21(30-4)22(14-19)31-5)27-24(20)28(17(2)3)16-18-10-8-7-9-11-18/h7-15,17H,6,16H2,1-5H3. The number of nitrogens with zero attached hydrogens (tertiary/aromatic N) is 3. The molecule has 7 heteroatoms. The lowest BCUT2D eigenvalue weighted by atomic mass is 10.1. The number of ether oxygens (including phenoxy) is 3. The van der Waals surface area contributed by atoms with Gasteiger partial charge in [0.15, 0.2) is 17.3 Å². The summed E-state index contributed by atoms with van der Waals surface area (Å²) in [7, 11) is 3.17. The number of hydrogen-bond acceptors (Lipinski definition) is 7. The molecular formula is C25H29N3O4. The number of esters is 1. The molecule has 3 aromatic rings. The van der Waals surface area contributed by atoms with Gasteiger partial charge in [-0.3, -0.25) is 0 Å². The number of rotatable bonds is 9. The van der Waals surface area contributed by atoms with Crippen LogP contribution in [0.2, 0.25) is 0 Å². The van der Waals surface area contributed by atoms with E-state index in [4.69, 9.17) is 19.2 Å². The molecule has 7 nitrogen and oxygen atoms in total. The van der Waals surface area contributed by atoms with Gasteiger partial charge in [0.05, 0.1) is 20.8 Å². The first-order valence-electron chi connectivity index (χ1n) is 10.6. The van der Waals surface area contributed by atoms with Crippen LogP contribution in [0.1, 0.15) is 36.7 Å². The van der Waals surface area contributed by atoms with Crippen molar-refractivity contribution in [2.24, 2.45) is 0 Å². The van der Waals surface area contributed by atoms with Crippen molar-refractivity contribution in [2.45, 2.75) is 33.4 Å². The van der Waals surface area contributed by atoms with Crippen LogP contribution in [0.5, 0.6) is 11.5 Å². The van der Waals surface area contributed by atoms with Crippen LogP contribution in [-0.4, -0.2) is 42.8 Å². The third-order valence-electron chi connectivity index (χ3n) is 5.00. The second kappa shape index (κ2) is 10.6. The molecule has 168 valence electrons. The average Bonchev–Trinajstić information content (AvgIpc) is 2.82. The minimum absolute atomic E-state index is 0.0801. The Labute approximate surface area is 189 Å². The molecule has 0 radical (unpaired) electrons. The van der Waals surface area contributed by atoms with E-state index in [-0.39, 0.29) is 12.6 Å². The van der Waals surface area contributed by atoms with Gasteiger partial charge >= 0.3 is 5.97 Å². The molecule has 0 saturated heterocycles. The van der Waals surface area contributed by atoms with Crippen LogP contribution in [0.15, 0.2) is 54.7 Å². The minimum atomic E-state index is -0.444. The van der Waals surface area contributed by atoms with E-state index < -0.39 is 5.97 Å². The fraction of sp³-hybridized carbons (Fsp3) is 0.320. The zero-order valence-electron chi connectivity index (χ0n) is 19.2. The average molecular weight is 436 g/mol. The van der Waals surface area contributed by atoms with Gasteiger partial charge in [0.25, 0.3) is 0 Å². The van der Waals surface area contributed by atoms with Gasteiger partial charge in [0.1, 0.15) is 11.4 Å². The van der Waals surface area contributed by atoms with E-state index in [1.807, 2.05) is 30.3 Å². The highest BCUT2D eigenvalue weighted by atomic mass is 16.5. The molecule has 1 aromatic heterocycles. The van der Waals surface area contributed by atoms with E-state index >= 15 is 0 Å². The number of methoxy groups -OCH3 is 2. The second-order valence-corrected chi connectivity index (χ2v) is 7.43. The van der Waals surface area contributed by atoms with Crippen molar-refractivity contribution in [3.63, 3.8) is 0 Å². The quantitative estimate of drug-likeness (QED) is 0.449. The van der Waals surface area contributed by atoms with Crippen LogP contribution in [0.4, 0.5) is 5.82 Å². The molecule has 32 heavy (non-hydrogen) atoms. The largest absolute Gasteiger partial charge is 0.493 e. The molecule has 0 spiro atoms. The normalized spacial score (nSPS) is 10.7. The summed E-state index contributed by atoms with van der Waals surface area (Å²) in [6.45, 7) is 6.77. The lowest BCUT2D eigenvalue weighted by Crippen LogP contribution is -2.33. The fourth-order valence-corrected chi connectivity index (χ4v) is 3.34. The first kappa shape index (κ1) is 23.1. The van der Waals surface area contributed by atoms with E-state index in [1.54, 1.807) is 27.2 Å². The maximum absolute atomic E-state index is 12.7. The molecule has 0 bridgehead atoms. The summed E-state index contributed by atoms with van der Waals surface area (Å²) in [6.07, 6.45) is 1.53. The van der Waals surface area contributed by atoms with Crippen LogP contribution >= 0.6 is 0 Å². The Morgan fingerprint density at radius 2 is 1.75 bits per heavy atom. The first-order valence-corrected chi connectivity index (χ1v) is 10.6. The van der Waals surface area contributed by atoms with E-state index in [0.29, 0.717) is 35.2 Å². The van der Waals surface area contributed by atoms with Gasteiger partial charge < -0.3 is 19.1 Å². The summed E-state index contributed by atoms with van der Waals surface area (Å²) in [4.78, 5) is 24.1. The highest BCUT2D eigenvalue weighted by molar-refractivity contribution is 5.95. The van der Waals surface area contributed by atoms with Crippen molar-refractivity contribution in [1.82, 2.24) is 9.97 Å². The smallest absolute Gasteiger partial charge is 0.343 e. The summed E-state index contributed by atoms with van der Waals surface area (Å²) in [6, 6.07) is 15.6. The molecule has 2 aromatic carbocycles. The van der Waals surface area contributed by atoms with Crippen molar-refractivity contribution in [3.8, 4) is 22.9 Å². The lowest BCUT2D eigenvalue weighted by molar-refractivity contribution is 0.0526. The summed E-state index contributed by atoms with van der Waals surface area (Å²) >= 11 is 0. The van der Waals surface area contributed by atoms with Crippen LogP contribution in [0.25, 0.3) is 11.4 Å². The maximum Gasteiger partial charge on any atom is 0.343 e. The zero-order chi connectivity index (χ0) is 23.1. The zero-order valence-corrected chi connectivity index (χ0v) is 19.2. The number of aromatic nitrogens is 2. The number of carbonyl (C=O) groups is 1. The van der Waals surface area contributed by atoms with Crippen LogP contribution in [0.3, 0.4) is 0 Å². The summed E-state index contributed by atoms with van der Waals surface area (Å²) in [5.41, 5.74) is 2.20. The van der Waals surface area contributed by atoms with E-state index in [9.17, 15) is 4.79 Å². The lowest BCUT2D eigenvalue weighted by Gasteiger charge is -2.29. The molecule has 0 saturated carbocycles. The fourth-order valence-electron chi connectivity index (χ4n) is 3.34. The van der Waals surface area contributed by atoms with Crippen LogP contribution < -0.4 is 14.4 Å². The SMILES string of the molecule is CCOC(=O)c1cnc(-c2ccc(OC)c(OC)c2)nc1N(Cc1ccccc1)C(C)C. The number of anilines is 1. The van der Waals surface area contributed by atoms with E-state index in [2.05, 4.69) is 35.9 Å². The van der Waals surface area contributed by atoms with Gasteiger partial charge in [-0.1, -0.05) is 30.3 Å². The molecule has 0 aliphatic rings. The molecule has 0 amide bonds. The summed E-state index contributed by atoms with van der Waals surface area (Å²) in [5.74, 6) is 1.76. The van der Waals surface area contributed by atoms with Crippen molar-refractivity contribution < 1.29 is 19.0 Å². The van der Waals surface area contributed by atoms with Gasteiger partial charge in [-0.15, -0.1) is 0 Å². The van der Waals surface area contributed by atoms with Gasteiger partial charge in [-0.2, -0.15) is 0 Å². The topological polar surface area (TPSA) is 73.8 Å². The Bertz CT molecular complexity index is 1050. The molecule has 3 rings (SSSR count). The third-order valence-corrected chi connectivity index (χ3v) is 5.00. The number of benzene rings is 2. The maximum atomic E-state index is 12.7. The Kier molecular flexibility index (Phi) is 7.65. The molecular weight excluding hydrogens is 406 g/mol. The predicted molar refractivity (Wildman–Crippen MR) is 124 cm³/mol. The van der Waals surface area contributed by atoms with Crippen molar-refractivity contribution >= 4 is 11.8 Å². The third kappa shape index (κ3) is 5.17. The summed E-state index contributed by atoms with van der Waals surface area (Å²) in [5, 5.41) is 0. The Hall–Kier alpha value is -3.61. The molecule has 1 heterocycles. The molecule has 0 atom stereocenters. The van der Waals surface area contributed by atoms with Crippen molar-refractivity contribution in [2.75, 3.05) is 25.7 Å². The number of carbonyl (C=O) groups excluding carboxylic acids is 1. The molecule has 0 aliphatic heterocycles. The Morgan fingerprint density at radius 3 is 2.38 bits per heavy atom. The monoisotopic (exact) mass is 435 g/mol. The van der Waals surface area contributed by atoms with Gasteiger partial charge in [0, 0.05) is 24.3 Å². The van der Waals surface area contributed by atoms with Gasteiger partial charge in [-0.25, -0.2) is 14.8 Å². The van der Waals surface area contributed by atoms with Crippen molar-refractivity contribution in [3.05, 3.63) is 65.9 Å². The first-order chi connectivity index (χ1) is 15.5. The highest BCUT2D eigenvalue weighted by Crippen LogP contribution is 2.32. The van der Waals surface area contributed by atoms with Crippen LogP contribution in [0, 0.1) is 0 Å². The molecule has 0 fully saturated rings. The minimum Gasteiger partial charge on any atom is -0.493 e. The molecule has 0 N–H and O–H groups in total. The highest BCUT2D eigenvalue weighted by Gasteiger charge is 2.24. The predicted octanol–water partition coefficient (Wildman–Crippen LogP) is 4.75. The second-order valence-electron chi connectivity index (χ2n) is 7.43. The molecule has 0 unspecified atom stereocenters. The summed E-state index contributed by atoms with van der Waals surface area (Å²) < 4.78 is 16.0.